The number of ether oxygens (including phenoxy) is 1. The molecule has 0 saturated heterocycles. The maximum atomic E-state index is 11.7. The van der Waals surface area contributed by atoms with E-state index >= 15 is 0 Å². The summed E-state index contributed by atoms with van der Waals surface area (Å²) in [5.74, 6) is -0.00366. The highest BCUT2D eigenvalue weighted by Gasteiger charge is 2.25. The van der Waals surface area contributed by atoms with E-state index in [0.717, 1.165) is 12.8 Å². The van der Waals surface area contributed by atoms with Crippen molar-refractivity contribution < 1.29 is 9.53 Å². The minimum absolute atomic E-state index is 0.00366. The first-order valence-corrected chi connectivity index (χ1v) is 6.30. The predicted molar refractivity (Wildman–Crippen MR) is 70.8 cm³/mol. The van der Waals surface area contributed by atoms with Crippen LogP contribution in [0.1, 0.15) is 26.7 Å². The first kappa shape index (κ1) is 14.2. The van der Waals surface area contributed by atoms with E-state index in [2.05, 4.69) is 16.0 Å². The summed E-state index contributed by atoms with van der Waals surface area (Å²) < 4.78 is 4.99. The highest BCUT2D eigenvalue weighted by molar-refractivity contribution is 7.80. The van der Waals surface area contributed by atoms with Crippen molar-refractivity contribution >= 4 is 23.2 Å². The molecule has 0 spiro atoms. The molecule has 98 valence electrons. The second kappa shape index (κ2) is 6.76. The summed E-state index contributed by atoms with van der Waals surface area (Å²) in [6.45, 7) is 4.34. The van der Waals surface area contributed by atoms with Crippen LogP contribution in [-0.4, -0.2) is 42.9 Å². The molecule has 1 aliphatic carbocycles. The Hall–Kier alpha value is -0.880. The third-order valence-electron chi connectivity index (χ3n) is 2.46. The molecule has 0 aromatic rings. The Bertz CT molecular complexity index is 282. The van der Waals surface area contributed by atoms with Crippen LogP contribution in [0, 0.1) is 0 Å². The average Bonchev–Trinajstić information content (AvgIpc) is 3.01. The quantitative estimate of drug-likeness (QED) is 0.593. The first-order valence-electron chi connectivity index (χ1n) is 5.89. The Labute approximate surface area is 108 Å². The van der Waals surface area contributed by atoms with Gasteiger partial charge in [-0.25, -0.2) is 0 Å². The van der Waals surface area contributed by atoms with Crippen molar-refractivity contribution in [2.75, 3.05) is 13.7 Å². The molecule has 0 bridgehead atoms. The molecule has 2 atom stereocenters. The van der Waals surface area contributed by atoms with E-state index < -0.39 is 0 Å². The molecule has 0 radical (unpaired) electrons. The van der Waals surface area contributed by atoms with E-state index in [1.165, 1.54) is 0 Å². The van der Waals surface area contributed by atoms with Gasteiger partial charge in [-0.15, -0.1) is 0 Å². The number of thiocarbonyl (C=S) groups is 1. The Morgan fingerprint density at radius 2 is 2.06 bits per heavy atom. The van der Waals surface area contributed by atoms with Crippen molar-refractivity contribution in [3.05, 3.63) is 0 Å². The predicted octanol–water partition coefficient (Wildman–Crippen LogP) is 0.153. The number of hydrogen-bond acceptors (Lipinski definition) is 3. The van der Waals surface area contributed by atoms with Crippen LogP contribution in [0.2, 0.25) is 0 Å². The van der Waals surface area contributed by atoms with Crippen LogP contribution in [0.15, 0.2) is 0 Å². The van der Waals surface area contributed by atoms with Crippen LogP contribution in [-0.2, 0) is 9.53 Å². The zero-order chi connectivity index (χ0) is 12.8. The van der Waals surface area contributed by atoms with Gasteiger partial charge in [0, 0.05) is 19.2 Å². The summed E-state index contributed by atoms with van der Waals surface area (Å²) >= 11 is 5.11. The van der Waals surface area contributed by atoms with Crippen LogP contribution >= 0.6 is 12.2 Å². The van der Waals surface area contributed by atoms with Crippen molar-refractivity contribution in [3.63, 3.8) is 0 Å². The van der Waals surface area contributed by atoms with Gasteiger partial charge in [-0.1, -0.05) is 0 Å². The highest BCUT2D eigenvalue weighted by atomic mass is 32.1. The monoisotopic (exact) mass is 259 g/mol. The lowest BCUT2D eigenvalue weighted by Gasteiger charge is -2.19. The third-order valence-corrected chi connectivity index (χ3v) is 2.69. The van der Waals surface area contributed by atoms with Gasteiger partial charge in [-0.05, 0) is 38.9 Å². The van der Waals surface area contributed by atoms with Crippen LogP contribution in [0.3, 0.4) is 0 Å². The fraction of sp³-hybridized carbons (Fsp3) is 0.818. The normalized spacial score (nSPS) is 18.1. The summed E-state index contributed by atoms with van der Waals surface area (Å²) in [5, 5.41) is 9.41. The van der Waals surface area contributed by atoms with Gasteiger partial charge in [0.2, 0.25) is 5.91 Å². The van der Waals surface area contributed by atoms with Crippen molar-refractivity contribution in [2.24, 2.45) is 0 Å². The Morgan fingerprint density at radius 1 is 1.41 bits per heavy atom. The number of amides is 1. The van der Waals surface area contributed by atoms with Gasteiger partial charge < -0.3 is 20.7 Å². The first-order chi connectivity index (χ1) is 8.02. The van der Waals surface area contributed by atoms with Gasteiger partial charge in [0.1, 0.15) is 6.04 Å². The lowest BCUT2D eigenvalue weighted by atomic mass is 10.3. The van der Waals surface area contributed by atoms with Crippen LogP contribution < -0.4 is 16.0 Å². The second-order valence-electron chi connectivity index (χ2n) is 4.48. The number of carbonyl (C=O) groups is 1. The van der Waals surface area contributed by atoms with Crippen molar-refractivity contribution in [2.45, 2.75) is 44.8 Å². The molecule has 0 heterocycles. The molecule has 1 amide bonds. The molecular weight excluding hydrogens is 238 g/mol. The second-order valence-corrected chi connectivity index (χ2v) is 4.89. The summed E-state index contributed by atoms with van der Waals surface area (Å²) in [6.07, 6.45) is 2.18. The number of hydrogen-bond donors (Lipinski definition) is 3. The van der Waals surface area contributed by atoms with Gasteiger partial charge >= 0.3 is 0 Å². The molecule has 6 heteroatoms. The molecule has 2 unspecified atom stereocenters. The zero-order valence-corrected chi connectivity index (χ0v) is 11.4. The molecule has 1 aliphatic rings. The maximum absolute atomic E-state index is 11.7. The van der Waals surface area contributed by atoms with Crippen molar-refractivity contribution in [1.82, 2.24) is 16.0 Å². The van der Waals surface area contributed by atoms with Gasteiger partial charge in [0.15, 0.2) is 5.11 Å². The molecule has 0 aliphatic heterocycles. The molecule has 1 saturated carbocycles. The highest BCUT2D eigenvalue weighted by Crippen LogP contribution is 2.18. The number of rotatable bonds is 6. The van der Waals surface area contributed by atoms with Crippen molar-refractivity contribution in [1.29, 1.82) is 0 Å². The van der Waals surface area contributed by atoms with Crippen molar-refractivity contribution in [3.8, 4) is 0 Å². The lowest BCUT2D eigenvalue weighted by Crippen LogP contribution is -2.51. The summed E-state index contributed by atoms with van der Waals surface area (Å²) in [6, 6.07) is 0.185. The minimum Gasteiger partial charge on any atom is -0.383 e. The van der Waals surface area contributed by atoms with E-state index in [1.807, 2.05) is 6.92 Å². The Balaban J connectivity index is 2.21. The molecule has 1 rings (SSSR count). The van der Waals surface area contributed by atoms with Gasteiger partial charge in [-0.3, -0.25) is 4.79 Å². The van der Waals surface area contributed by atoms with Crippen LogP contribution in [0.25, 0.3) is 0 Å². The number of carbonyl (C=O) groups excluding carboxylic acids is 1. The number of methoxy groups -OCH3 is 1. The molecule has 0 aromatic carbocycles. The Morgan fingerprint density at radius 3 is 2.59 bits per heavy atom. The molecule has 1 fully saturated rings. The summed E-state index contributed by atoms with van der Waals surface area (Å²) in [7, 11) is 1.64. The van der Waals surface area contributed by atoms with E-state index in [0.29, 0.717) is 17.8 Å². The maximum Gasteiger partial charge on any atom is 0.242 e. The van der Waals surface area contributed by atoms with E-state index in [9.17, 15) is 4.79 Å². The minimum atomic E-state index is -0.314. The SMILES string of the molecule is COCC(C)NC(=S)NC(C)C(=O)NC1CC1. The lowest BCUT2D eigenvalue weighted by molar-refractivity contribution is -0.122. The molecule has 3 N–H and O–H groups in total. The molecular formula is C11H21N3O2S. The van der Waals surface area contributed by atoms with Gasteiger partial charge in [-0.2, -0.15) is 0 Å². The fourth-order valence-electron chi connectivity index (χ4n) is 1.37. The fourth-order valence-corrected chi connectivity index (χ4v) is 1.75. The molecule has 5 nitrogen and oxygen atoms in total. The van der Waals surface area contributed by atoms with Crippen LogP contribution in [0.5, 0.6) is 0 Å². The number of nitrogens with one attached hydrogen (secondary N) is 3. The van der Waals surface area contributed by atoms with E-state index in [4.69, 9.17) is 17.0 Å². The smallest absolute Gasteiger partial charge is 0.242 e. The topological polar surface area (TPSA) is 62.4 Å². The Kier molecular flexibility index (Phi) is 5.64. The third kappa shape index (κ3) is 5.83. The van der Waals surface area contributed by atoms with Crippen LogP contribution in [0.4, 0.5) is 0 Å². The molecule has 17 heavy (non-hydrogen) atoms. The summed E-state index contributed by atoms with van der Waals surface area (Å²) in [5.41, 5.74) is 0. The zero-order valence-electron chi connectivity index (χ0n) is 10.6. The standard InChI is InChI=1S/C11H21N3O2S/c1-7(6-16-3)12-11(17)13-8(2)10(15)14-9-4-5-9/h7-9H,4-6H2,1-3H3,(H,14,15)(H2,12,13,17). The molecule has 0 aromatic heterocycles. The van der Waals surface area contributed by atoms with E-state index in [1.54, 1.807) is 14.0 Å². The summed E-state index contributed by atoms with van der Waals surface area (Å²) in [4.78, 5) is 11.7. The average molecular weight is 259 g/mol. The van der Waals surface area contributed by atoms with E-state index in [-0.39, 0.29) is 18.0 Å². The van der Waals surface area contributed by atoms with Gasteiger partial charge in [0.05, 0.1) is 6.61 Å². The largest absolute Gasteiger partial charge is 0.383 e. The van der Waals surface area contributed by atoms with Gasteiger partial charge in [0.25, 0.3) is 0 Å².